The average Bonchev–Trinajstić information content (AvgIpc) is 2.36. The highest BCUT2D eigenvalue weighted by molar-refractivity contribution is 7.90. The molecular formula is C12H24N2O4S. The number of hydrogen-bond acceptors (Lipinski definition) is 5. The second-order valence-electron chi connectivity index (χ2n) is 4.97. The molecule has 0 spiro atoms. The predicted octanol–water partition coefficient (Wildman–Crippen LogP) is -0.222. The molecule has 1 fully saturated rings. The van der Waals surface area contributed by atoms with E-state index in [2.05, 4.69) is 0 Å². The van der Waals surface area contributed by atoms with Crippen molar-refractivity contribution in [2.45, 2.75) is 31.8 Å². The second-order valence-corrected chi connectivity index (χ2v) is 7.23. The Morgan fingerprint density at radius 2 is 2.00 bits per heavy atom. The molecule has 2 N–H and O–H groups in total. The summed E-state index contributed by atoms with van der Waals surface area (Å²) in [6.07, 6.45) is 3.92. The van der Waals surface area contributed by atoms with Gasteiger partial charge in [-0.25, -0.2) is 8.42 Å². The van der Waals surface area contributed by atoms with Crippen molar-refractivity contribution in [1.29, 1.82) is 0 Å². The van der Waals surface area contributed by atoms with Gasteiger partial charge in [-0.1, -0.05) is 0 Å². The molecule has 7 heteroatoms. The summed E-state index contributed by atoms with van der Waals surface area (Å²) < 4.78 is 27.7. The summed E-state index contributed by atoms with van der Waals surface area (Å²) in [7, 11) is -3.07. The number of carbonyl (C=O) groups excluding carboxylic acids is 1. The maximum absolute atomic E-state index is 11.8. The van der Waals surface area contributed by atoms with Gasteiger partial charge in [0.1, 0.15) is 9.84 Å². The Labute approximate surface area is 115 Å². The van der Waals surface area contributed by atoms with E-state index in [9.17, 15) is 13.2 Å². The van der Waals surface area contributed by atoms with Crippen molar-refractivity contribution in [3.05, 3.63) is 0 Å². The molecule has 1 heterocycles. The lowest BCUT2D eigenvalue weighted by atomic mass is 10.1. The van der Waals surface area contributed by atoms with Crippen molar-refractivity contribution in [2.75, 3.05) is 38.2 Å². The molecule has 1 saturated heterocycles. The van der Waals surface area contributed by atoms with Crippen LogP contribution >= 0.6 is 0 Å². The van der Waals surface area contributed by atoms with Crippen molar-refractivity contribution in [3.63, 3.8) is 0 Å². The van der Waals surface area contributed by atoms with E-state index >= 15 is 0 Å². The van der Waals surface area contributed by atoms with Gasteiger partial charge in [0.2, 0.25) is 5.91 Å². The lowest BCUT2D eigenvalue weighted by Gasteiger charge is -2.32. The van der Waals surface area contributed by atoms with Crippen molar-refractivity contribution >= 4 is 15.7 Å². The van der Waals surface area contributed by atoms with Crippen LogP contribution in [-0.4, -0.2) is 63.6 Å². The molecule has 0 aliphatic carbocycles. The van der Waals surface area contributed by atoms with Gasteiger partial charge in [-0.15, -0.1) is 0 Å². The maximum Gasteiger partial charge on any atom is 0.223 e. The summed E-state index contributed by atoms with van der Waals surface area (Å²) in [5.41, 5.74) is 5.39. The zero-order chi connectivity index (χ0) is 14.3. The molecule has 19 heavy (non-hydrogen) atoms. The minimum Gasteiger partial charge on any atom is -0.378 e. The van der Waals surface area contributed by atoms with Crippen LogP contribution in [0.25, 0.3) is 0 Å². The normalized spacial score (nSPS) is 17.7. The molecule has 0 atom stereocenters. The first-order chi connectivity index (χ1) is 8.92. The van der Waals surface area contributed by atoms with Crippen LogP contribution in [-0.2, 0) is 19.4 Å². The van der Waals surface area contributed by atoms with Crippen LogP contribution in [0.15, 0.2) is 0 Å². The number of piperidine rings is 1. The van der Waals surface area contributed by atoms with Crippen LogP contribution in [0.4, 0.5) is 0 Å². The van der Waals surface area contributed by atoms with Crippen molar-refractivity contribution in [3.8, 4) is 0 Å². The van der Waals surface area contributed by atoms with E-state index in [0.717, 1.165) is 25.5 Å². The molecule has 0 saturated carbocycles. The Hall–Kier alpha value is -0.660. The minimum absolute atomic E-state index is 0.0707. The van der Waals surface area contributed by atoms with Crippen molar-refractivity contribution in [2.24, 2.45) is 5.73 Å². The highest BCUT2D eigenvalue weighted by Crippen LogP contribution is 2.14. The highest BCUT2D eigenvalue weighted by Gasteiger charge is 2.23. The monoisotopic (exact) mass is 292 g/mol. The fourth-order valence-corrected chi connectivity index (χ4v) is 2.58. The molecule has 1 rings (SSSR count). The molecule has 0 bridgehead atoms. The van der Waals surface area contributed by atoms with E-state index in [1.807, 2.05) is 0 Å². The predicted molar refractivity (Wildman–Crippen MR) is 73.6 cm³/mol. The summed E-state index contributed by atoms with van der Waals surface area (Å²) in [4.78, 5) is 13.5. The van der Waals surface area contributed by atoms with E-state index < -0.39 is 9.84 Å². The third-order valence-electron chi connectivity index (χ3n) is 3.18. The Bertz CT molecular complexity index is 375. The number of likely N-dealkylation sites (tertiary alicyclic amines) is 1. The number of nitrogens with zero attached hydrogens (tertiary/aromatic N) is 1. The first-order valence-electron chi connectivity index (χ1n) is 6.69. The third-order valence-corrected chi connectivity index (χ3v) is 4.13. The van der Waals surface area contributed by atoms with Gasteiger partial charge in [0.25, 0.3) is 0 Å². The number of ether oxygens (including phenoxy) is 1. The van der Waals surface area contributed by atoms with E-state index in [4.69, 9.17) is 10.5 Å². The first kappa shape index (κ1) is 16.4. The van der Waals surface area contributed by atoms with Crippen LogP contribution in [0.2, 0.25) is 0 Å². The molecule has 0 aromatic rings. The Morgan fingerprint density at radius 3 is 2.53 bits per heavy atom. The van der Waals surface area contributed by atoms with E-state index in [1.54, 1.807) is 4.90 Å². The molecule has 0 unspecified atom stereocenters. The smallest absolute Gasteiger partial charge is 0.223 e. The largest absolute Gasteiger partial charge is 0.378 e. The van der Waals surface area contributed by atoms with Gasteiger partial charge < -0.3 is 15.4 Å². The topological polar surface area (TPSA) is 89.7 Å². The molecule has 1 amide bonds. The first-order valence-corrected chi connectivity index (χ1v) is 8.75. The summed E-state index contributed by atoms with van der Waals surface area (Å²) in [6.45, 7) is 2.60. The van der Waals surface area contributed by atoms with Gasteiger partial charge in [-0.2, -0.15) is 0 Å². The molecule has 1 aliphatic heterocycles. The summed E-state index contributed by atoms with van der Waals surface area (Å²) in [6, 6.07) is 0. The van der Waals surface area contributed by atoms with Crippen molar-refractivity contribution in [1.82, 2.24) is 4.90 Å². The number of nitrogens with two attached hydrogens (primary N) is 1. The Balaban J connectivity index is 2.23. The van der Waals surface area contributed by atoms with Gasteiger partial charge in [-0.3, -0.25) is 4.79 Å². The van der Waals surface area contributed by atoms with Crippen LogP contribution < -0.4 is 5.73 Å². The van der Waals surface area contributed by atoms with Crippen molar-refractivity contribution < 1.29 is 17.9 Å². The second kappa shape index (κ2) is 7.81. The van der Waals surface area contributed by atoms with E-state index in [-0.39, 0.29) is 24.2 Å². The molecule has 1 aliphatic rings. The Kier molecular flexibility index (Phi) is 6.74. The summed E-state index contributed by atoms with van der Waals surface area (Å²) >= 11 is 0. The molecular weight excluding hydrogens is 268 g/mol. The number of sulfone groups is 1. The highest BCUT2D eigenvalue weighted by atomic mass is 32.2. The number of hydrogen-bond donors (Lipinski definition) is 1. The van der Waals surface area contributed by atoms with Gasteiger partial charge >= 0.3 is 0 Å². The molecule has 0 radical (unpaired) electrons. The number of carbonyl (C=O) groups is 1. The Morgan fingerprint density at radius 1 is 1.37 bits per heavy atom. The zero-order valence-corrected chi connectivity index (χ0v) is 12.3. The van der Waals surface area contributed by atoms with Crippen LogP contribution in [0.5, 0.6) is 0 Å². The van der Waals surface area contributed by atoms with Gasteiger partial charge in [-0.05, 0) is 25.8 Å². The lowest BCUT2D eigenvalue weighted by Crippen LogP contribution is -2.41. The summed E-state index contributed by atoms with van der Waals surface area (Å²) in [5.74, 6) is -0.149. The molecule has 112 valence electrons. The SMILES string of the molecule is CS(=O)(=O)CCC(=O)N1CCC(OCCCN)CC1. The minimum atomic E-state index is -3.07. The summed E-state index contributed by atoms with van der Waals surface area (Å²) in [5, 5.41) is 0. The zero-order valence-electron chi connectivity index (χ0n) is 11.5. The van der Waals surface area contributed by atoms with E-state index in [0.29, 0.717) is 26.2 Å². The fraction of sp³-hybridized carbons (Fsp3) is 0.917. The number of amides is 1. The van der Waals surface area contributed by atoms with E-state index in [1.165, 1.54) is 0 Å². The van der Waals surface area contributed by atoms with Crippen LogP contribution in [0, 0.1) is 0 Å². The van der Waals surface area contributed by atoms with Crippen LogP contribution in [0.1, 0.15) is 25.7 Å². The molecule has 6 nitrogen and oxygen atoms in total. The lowest BCUT2D eigenvalue weighted by molar-refractivity contribution is -0.133. The number of rotatable bonds is 7. The van der Waals surface area contributed by atoms with Crippen LogP contribution in [0.3, 0.4) is 0 Å². The standard InChI is InChI=1S/C12H24N2O4S/c1-19(16,17)10-5-12(15)14-7-3-11(4-8-14)18-9-2-6-13/h11H,2-10,13H2,1H3. The molecule has 0 aromatic heterocycles. The van der Waals surface area contributed by atoms with Gasteiger partial charge in [0.15, 0.2) is 0 Å². The van der Waals surface area contributed by atoms with Gasteiger partial charge in [0.05, 0.1) is 11.9 Å². The maximum atomic E-state index is 11.8. The fourth-order valence-electron chi connectivity index (χ4n) is 2.04. The average molecular weight is 292 g/mol. The third kappa shape index (κ3) is 6.89. The van der Waals surface area contributed by atoms with Gasteiger partial charge in [0, 0.05) is 32.4 Å². The quantitative estimate of drug-likeness (QED) is 0.655. The molecule has 0 aromatic carbocycles.